The van der Waals surface area contributed by atoms with Crippen LogP contribution in [-0.2, 0) is 9.53 Å². The first-order valence-electron chi connectivity index (χ1n) is 6.30. The van der Waals surface area contributed by atoms with E-state index < -0.39 is 5.97 Å². The highest BCUT2D eigenvalue weighted by Gasteiger charge is 2.41. The second-order valence-electron chi connectivity index (χ2n) is 5.73. The van der Waals surface area contributed by atoms with Crippen molar-refractivity contribution in [3.05, 3.63) is 0 Å². The topological polar surface area (TPSA) is 76.2 Å². The Labute approximate surface area is 103 Å². The molecule has 0 bridgehead atoms. The van der Waals surface area contributed by atoms with Gasteiger partial charge in [0.15, 0.2) is 0 Å². The fraction of sp³-hybridized carbons (Fsp3) is 0.846. The van der Waals surface area contributed by atoms with Crippen LogP contribution in [0.2, 0.25) is 0 Å². The van der Waals surface area contributed by atoms with Crippen molar-refractivity contribution in [3.63, 3.8) is 0 Å². The maximum Gasteiger partial charge on any atom is 0.352 e. The Balaban J connectivity index is 2.73. The molecule has 1 saturated carbocycles. The molecule has 1 aliphatic rings. The van der Waals surface area contributed by atoms with Crippen LogP contribution in [0.4, 0.5) is 0 Å². The lowest BCUT2D eigenvalue weighted by atomic mass is 9.63. The molecule has 0 aromatic heterocycles. The average Bonchev–Trinajstić information content (AvgIpc) is 2.22. The molecule has 4 heteroatoms. The van der Waals surface area contributed by atoms with Gasteiger partial charge < -0.3 is 10.5 Å². The third kappa shape index (κ3) is 3.06. The molecule has 0 amide bonds. The van der Waals surface area contributed by atoms with Gasteiger partial charge in [-0.25, -0.2) is 4.79 Å². The summed E-state index contributed by atoms with van der Waals surface area (Å²) >= 11 is 0. The van der Waals surface area contributed by atoms with Crippen LogP contribution in [0.1, 0.15) is 40.5 Å². The fourth-order valence-corrected chi connectivity index (χ4v) is 2.52. The summed E-state index contributed by atoms with van der Waals surface area (Å²) in [7, 11) is 0. The molecule has 0 aromatic rings. The Morgan fingerprint density at radius 1 is 1.53 bits per heavy atom. The standard InChI is InChI=1S/C13H24N2O2/c1-5-17-12(16)11(15)9-6-8(2)13(3,4)7-10(9)14/h8-10,15H,5-7,14H2,1-4H3. The zero-order valence-corrected chi connectivity index (χ0v) is 11.2. The highest BCUT2D eigenvalue weighted by atomic mass is 16.5. The highest BCUT2D eigenvalue weighted by molar-refractivity contribution is 6.36. The highest BCUT2D eigenvalue weighted by Crippen LogP contribution is 2.42. The maximum absolute atomic E-state index is 11.6. The molecule has 17 heavy (non-hydrogen) atoms. The molecule has 0 spiro atoms. The molecule has 3 unspecified atom stereocenters. The molecule has 3 N–H and O–H groups in total. The quantitative estimate of drug-likeness (QED) is 0.585. The minimum atomic E-state index is -0.514. The summed E-state index contributed by atoms with van der Waals surface area (Å²) in [6.45, 7) is 8.61. The minimum absolute atomic E-state index is 0.0432. The number of hydrogen-bond donors (Lipinski definition) is 2. The molecular weight excluding hydrogens is 216 g/mol. The first-order chi connectivity index (χ1) is 7.79. The van der Waals surface area contributed by atoms with Gasteiger partial charge in [-0.05, 0) is 31.1 Å². The molecule has 0 aliphatic heterocycles. The molecule has 1 aliphatic carbocycles. The summed E-state index contributed by atoms with van der Waals surface area (Å²) < 4.78 is 4.87. The molecule has 0 saturated heterocycles. The number of rotatable bonds is 3. The maximum atomic E-state index is 11.6. The van der Waals surface area contributed by atoms with E-state index in [1.54, 1.807) is 6.92 Å². The molecule has 0 aromatic carbocycles. The van der Waals surface area contributed by atoms with E-state index in [1.165, 1.54) is 0 Å². The number of ether oxygens (including phenoxy) is 1. The lowest BCUT2D eigenvalue weighted by Gasteiger charge is -2.43. The normalized spacial score (nSPS) is 31.9. The summed E-state index contributed by atoms with van der Waals surface area (Å²) in [5, 5.41) is 7.89. The van der Waals surface area contributed by atoms with Gasteiger partial charge in [-0.2, -0.15) is 0 Å². The average molecular weight is 240 g/mol. The van der Waals surface area contributed by atoms with E-state index in [-0.39, 0.29) is 23.1 Å². The van der Waals surface area contributed by atoms with Crippen LogP contribution in [0, 0.1) is 22.7 Å². The van der Waals surface area contributed by atoms with Crippen molar-refractivity contribution in [2.45, 2.75) is 46.6 Å². The summed E-state index contributed by atoms with van der Waals surface area (Å²) in [5.74, 6) is -0.209. The van der Waals surface area contributed by atoms with Gasteiger partial charge >= 0.3 is 5.97 Å². The molecular formula is C13H24N2O2. The van der Waals surface area contributed by atoms with Gasteiger partial charge in [0.25, 0.3) is 0 Å². The lowest BCUT2D eigenvalue weighted by molar-refractivity contribution is -0.135. The van der Waals surface area contributed by atoms with Crippen molar-refractivity contribution in [2.24, 2.45) is 23.0 Å². The van der Waals surface area contributed by atoms with E-state index in [0.29, 0.717) is 12.5 Å². The van der Waals surface area contributed by atoms with E-state index in [0.717, 1.165) is 12.8 Å². The van der Waals surface area contributed by atoms with E-state index >= 15 is 0 Å². The van der Waals surface area contributed by atoms with Gasteiger partial charge in [0.2, 0.25) is 0 Å². The van der Waals surface area contributed by atoms with Gasteiger partial charge in [-0.3, -0.25) is 5.41 Å². The molecule has 4 nitrogen and oxygen atoms in total. The van der Waals surface area contributed by atoms with Crippen molar-refractivity contribution < 1.29 is 9.53 Å². The third-order valence-electron chi connectivity index (χ3n) is 4.09. The Morgan fingerprint density at radius 2 is 2.12 bits per heavy atom. The van der Waals surface area contributed by atoms with E-state index in [4.69, 9.17) is 15.9 Å². The smallest absolute Gasteiger partial charge is 0.352 e. The first-order valence-corrected chi connectivity index (χ1v) is 6.30. The fourth-order valence-electron chi connectivity index (χ4n) is 2.52. The molecule has 98 valence electrons. The third-order valence-corrected chi connectivity index (χ3v) is 4.09. The lowest BCUT2D eigenvalue weighted by Crippen LogP contribution is -2.48. The summed E-state index contributed by atoms with van der Waals surface area (Å²) in [5.41, 5.74) is 6.33. The number of carbonyl (C=O) groups is 1. The molecule has 0 heterocycles. The molecule has 3 atom stereocenters. The zero-order valence-electron chi connectivity index (χ0n) is 11.2. The van der Waals surface area contributed by atoms with E-state index in [2.05, 4.69) is 20.8 Å². The van der Waals surface area contributed by atoms with Crippen LogP contribution in [0.25, 0.3) is 0 Å². The Hall–Kier alpha value is -0.900. The van der Waals surface area contributed by atoms with Gasteiger partial charge in [-0.15, -0.1) is 0 Å². The number of carbonyl (C=O) groups excluding carboxylic acids is 1. The van der Waals surface area contributed by atoms with Crippen molar-refractivity contribution >= 4 is 11.7 Å². The van der Waals surface area contributed by atoms with Crippen molar-refractivity contribution in [1.82, 2.24) is 0 Å². The van der Waals surface area contributed by atoms with Crippen LogP contribution >= 0.6 is 0 Å². The van der Waals surface area contributed by atoms with E-state index in [1.807, 2.05) is 0 Å². The largest absolute Gasteiger partial charge is 0.462 e. The zero-order chi connectivity index (χ0) is 13.2. The van der Waals surface area contributed by atoms with Crippen molar-refractivity contribution in [1.29, 1.82) is 5.41 Å². The van der Waals surface area contributed by atoms with Crippen molar-refractivity contribution in [2.75, 3.05) is 6.61 Å². The van der Waals surface area contributed by atoms with Crippen LogP contribution in [0.15, 0.2) is 0 Å². The Morgan fingerprint density at radius 3 is 2.65 bits per heavy atom. The summed E-state index contributed by atoms with van der Waals surface area (Å²) in [4.78, 5) is 11.6. The van der Waals surface area contributed by atoms with Gasteiger partial charge in [0.1, 0.15) is 5.71 Å². The van der Waals surface area contributed by atoms with Crippen LogP contribution in [0.3, 0.4) is 0 Å². The Bertz CT molecular complexity index is 313. The summed E-state index contributed by atoms with van der Waals surface area (Å²) in [6.07, 6.45) is 1.65. The first kappa shape index (κ1) is 14.2. The van der Waals surface area contributed by atoms with Crippen LogP contribution in [-0.4, -0.2) is 24.3 Å². The molecule has 1 rings (SSSR count). The number of esters is 1. The van der Waals surface area contributed by atoms with Gasteiger partial charge in [-0.1, -0.05) is 20.8 Å². The number of nitrogens with one attached hydrogen (secondary N) is 1. The minimum Gasteiger partial charge on any atom is -0.462 e. The van der Waals surface area contributed by atoms with Crippen molar-refractivity contribution in [3.8, 4) is 0 Å². The molecule has 0 radical (unpaired) electrons. The Kier molecular flexibility index (Phi) is 4.31. The molecule has 1 fully saturated rings. The van der Waals surface area contributed by atoms with Crippen LogP contribution in [0.5, 0.6) is 0 Å². The van der Waals surface area contributed by atoms with Gasteiger partial charge in [0.05, 0.1) is 6.61 Å². The van der Waals surface area contributed by atoms with E-state index in [9.17, 15) is 4.79 Å². The van der Waals surface area contributed by atoms with Gasteiger partial charge in [0, 0.05) is 12.0 Å². The number of nitrogens with two attached hydrogens (primary N) is 1. The second kappa shape index (κ2) is 5.17. The summed E-state index contributed by atoms with van der Waals surface area (Å²) in [6, 6.07) is -0.113. The SMILES string of the molecule is CCOC(=O)C(=N)C1CC(C)C(C)(C)CC1N. The predicted molar refractivity (Wildman–Crippen MR) is 68.0 cm³/mol. The predicted octanol–water partition coefficient (Wildman–Crippen LogP) is 1.97. The second-order valence-corrected chi connectivity index (χ2v) is 5.73. The van der Waals surface area contributed by atoms with Crippen LogP contribution < -0.4 is 5.73 Å². The number of hydrogen-bond acceptors (Lipinski definition) is 4. The monoisotopic (exact) mass is 240 g/mol.